The molecule has 1 aliphatic carbocycles. The van der Waals surface area contributed by atoms with Gasteiger partial charge in [-0.25, -0.2) is 0 Å². The molecule has 22 heavy (non-hydrogen) atoms. The highest BCUT2D eigenvalue weighted by molar-refractivity contribution is 6.28. The molecule has 1 aliphatic rings. The van der Waals surface area contributed by atoms with Crippen molar-refractivity contribution in [2.75, 3.05) is 14.1 Å². The molecule has 6 heteroatoms. The summed E-state index contributed by atoms with van der Waals surface area (Å²) in [5.74, 6) is -0.393. The van der Waals surface area contributed by atoms with E-state index in [1.807, 2.05) is 0 Å². The van der Waals surface area contributed by atoms with E-state index in [0.717, 1.165) is 0 Å². The van der Waals surface area contributed by atoms with Gasteiger partial charge in [0.2, 0.25) is 0 Å². The van der Waals surface area contributed by atoms with Crippen LogP contribution in [0.2, 0.25) is 0 Å². The van der Waals surface area contributed by atoms with Gasteiger partial charge in [0.1, 0.15) is 0 Å². The lowest BCUT2D eigenvalue weighted by atomic mass is 9.83. The summed E-state index contributed by atoms with van der Waals surface area (Å²) >= 11 is 0. The van der Waals surface area contributed by atoms with Crippen molar-refractivity contribution in [3.63, 3.8) is 0 Å². The third kappa shape index (κ3) is 2.14. The number of rotatable bonds is 2. The van der Waals surface area contributed by atoms with Gasteiger partial charge in [-0.15, -0.1) is 0 Å². The number of ketones is 2. The topological polar surface area (TPSA) is 83.6 Å². The maximum absolute atomic E-state index is 12.6. The minimum atomic E-state index is -0.197. The van der Waals surface area contributed by atoms with E-state index in [0.29, 0.717) is 33.6 Å². The largest absolute Gasteiger partial charge is 0.289 e. The SMILES string of the molecule is CN=Nc1ccc2c(c1)C(=O)c1ccc(N=NC)cc1C2=O. The summed E-state index contributed by atoms with van der Waals surface area (Å²) in [6, 6.07) is 9.72. The van der Waals surface area contributed by atoms with E-state index in [2.05, 4.69) is 20.5 Å². The first kappa shape index (κ1) is 13.9. The molecular weight excluding hydrogens is 280 g/mol. The molecule has 0 amide bonds. The molecule has 0 N–H and O–H groups in total. The van der Waals surface area contributed by atoms with Gasteiger partial charge < -0.3 is 0 Å². The number of carbonyl (C=O) groups excluding carboxylic acids is 2. The highest BCUT2D eigenvalue weighted by Crippen LogP contribution is 2.32. The minimum absolute atomic E-state index is 0.197. The number of nitrogens with zero attached hydrogens (tertiary/aromatic N) is 4. The van der Waals surface area contributed by atoms with E-state index in [1.165, 1.54) is 0 Å². The minimum Gasteiger partial charge on any atom is -0.289 e. The Kier molecular flexibility index (Phi) is 3.42. The van der Waals surface area contributed by atoms with Crippen molar-refractivity contribution in [3.05, 3.63) is 58.7 Å². The summed E-state index contributed by atoms with van der Waals surface area (Å²) in [6.07, 6.45) is 0. The normalized spacial score (nSPS) is 13.7. The summed E-state index contributed by atoms with van der Waals surface area (Å²) in [4.78, 5) is 25.2. The summed E-state index contributed by atoms with van der Waals surface area (Å²) < 4.78 is 0. The first-order chi connectivity index (χ1) is 10.7. The number of fused-ring (bicyclic) bond motifs is 2. The molecule has 0 aliphatic heterocycles. The Hall–Kier alpha value is -3.02. The predicted octanol–water partition coefficient (Wildman–Crippen LogP) is 3.89. The van der Waals surface area contributed by atoms with Crippen molar-refractivity contribution in [1.82, 2.24) is 0 Å². The van der Waals surface area contributed by atoms with Crippen LogP contribution in [0.3, 0.4) is 0 Å². The molecule has 0 unspecified atom stereocenters. The van der Waals surface area contributed by atoms with E-state index >= 15 is 0 Å². The van der Waals surface area contributed by atoms with Crippen molar-refractivity contribution in [3.8, 4) is 0 Å². The molecular formula is C16H12N4O2. The van der Waals surface area contributed by atoms with Crippen LogP contribution in [-0.4, -0.2) is 25.7 Å². The smallest absolute Gasteiger partial charge is 0.194 e. The van der Waals surface area contributed by atoms with Gasteiger partial charge in [0.05, 0.1) is 11.4 Å². The molecule has 0 saturated carbocycles. The summed E-state index contributed by atoms with van der Waals surface area (Å²) in [7, 11) is 3.09. The zero-order valence-corrected chi connectivity index (χ0v) is 12.1. The first-order valence-electron chi connectivity index (χ1n) is 6.63. The second-order valence-corrected chi connectivity index (χ2v) is 4.72. The molecule has 0 spiro atoms. The van der Waals surface area contributed by atoms with Gasteiger partial charge in [-0.2, -0.15) is 20.5 Å². The molecule has 0 radical (unpaired) electrons. The maximum Gasteiger partial charge on any atom is 0.194 e. The standard InChI is InChI=1S/C16H12N4O2/c1-17-19-9-3-5-11-13(7-9)15(21)12-6-4-10(20-18-2)8-14(12)16(11)22/h3-8H,1-2H3. The zero-order chi connectivity index (χ0) is 15.7. The first-order valence-corrected chi connectivity index (χ1v) is 6.63. The highest BCUT2D eigenvalue weighted by atomic mass is 16.1. The summed E-state index contributed by atoms with van der Waals surface area (Å²) in [5, 5.41) is 15.2. The average Bonchev–Trinajstić information content (AvgIpc) is 2.53. The maximum atomic E-state index is 12.6. The molecule has 0 heterocycles. The summed E-state index contributed by atoms with van der Waals surface area (Å²) in [5.41, 5.74) is 2.54. The molecule has 0 aromatic heterocycles. The third-order valence-electron chi connectivity index (χ3n) is 3.42. The van der Waals surface area contributed by atoms with Gasteiger partial charge in [0, 0.05) is 36.3 Å². The Morgan fingerprint density at radius 3 is 1.41 bits per heavy atom. The van der Waals surface area contributed by atoms with Crippen molar-refractivity contribution in [2.24, 2.45) is 20.5 Å². The van der Waals surface area contributed by atoms with E-state index in [1.54, 1.807) is 50.5 Å². The van der Waals surface area contributed by atoms with Gasteiger partial charge in [-0.1, -0.05) is 0 Å². The molecule has 108 valence electrons. The van der Waals surface area contributed by atoms with E-state index < -0.39 is 0 Å². The molecule has 0 atom stereocenters. The third-order valence-corrected chi connectivity index (χ3v) is 3.42. The number of hydrogen-bond acceptors (Lipinski definition) is 6. The van der Waals surface area contributed by atoms with Gasteiger partial charge in [0.15, 0.2) is 11.6 Å². The molecule has 2 aromatic rings. The quantitative estimate of drug-likeness (QED) is 0.671. The zero-order valence-electron chi connectivity index (χ0n) is 12.1. The van der Waals surface area contributed by atoms with Crippen LogP contribution in [0.5, 0.6) is 0 Å². The van der Waals surface area contributed by atoms with Crippen molar-refractivity contribution < 1.29 is 9.59 Å². The molecule has 6 nitrogen and oxygen atoms in total. The Labute approximate surface area is 126 Å². The average molecular weight is 292 g/mol. The Bertz CT molecular complexity index is 782. The molecule has 2 aromatic carbocycles. The lowest BCUT2D eigenvalue weighted by molar-refractivity contribution is 0.0979. The highest BCUT2D eigenvalue weighted by Gasteiger charge is 2.30. The lowest BCUT2D eigenvalue weighted by Gasteiger charge is -2.17. The second kappa shape index (κ2) is 5.40. The molecule has 3 rings (SSSR count). The predicted molar refractivity (Wildman–Crippen MR) is 80.6 cm³/mol. The fourth-order valence-corrected chi connectivity index (χ4v) is 2.48. The van der Waals surface area contributed by atoms with Crippen LogP contribution >= 0.6 is 0 Å². The van der Waals surface area contributed by atoms with Gasteiger partial charge in [-0.05, 0) is 36.4 Å². The fourth-order valence-electron chi connectivity index (χ4n) is 2.48. The molecule has 0 saturated heterocycles. The number of carbonyl (C=O) groups is 2. The van der Waals surface area contributed by atoms with Crippen molar-refractivity contribution >= 4 is 22.9 Å². The van der Waals surface area contributed by atoms with Crippen LogP contribution < -0.4 is 0 Å². The molecule has 0 fully saturated rings. The van der Waals surface area contributed by atoms with Gasteiger partial charge in [-0.3, -0.25) is 9.59 Å². The fraction of sp³-hybridized carbons (Fsp3) is 0.125. The van der Waals surface area contributed by atoms with E-state index in [9.17, 15) is 9.59 Å². The van der Waals surface area contributed by atoms with Gasteiger partial charge >= 0.3 is 0 Å². The monoisotopic (exact) mass is 292 g/mol. The van der Waals surface area contributed by atoms with Crippen LogP contribution in [0.4, 0.5) is 11.4 Å². The molecule has 0 bridgehead atoms. The van der Waals surface area contributed by atoms with Crippen LogP contribution in [0.25, 0.3) is 0 Å². The van der Waals surface area contributed by atoms with Gasteiger partial charge in [0.25, 0.3) is 0 Å². The Morgan fingerprint density at radius 2 is 1.05 bits per heavy atom. The van der Waals surface area contributed by atoms with Crippen LogP contribution in [-0.2, 0) is 0 Å². The summed E-state index contributed by atoms with van der Waals surface area (Å²) in [6.45, 7) is 0. The Balaban J connectivity index is 2.18. The second-order valence-electron chi connectivity index (χ2n) is 4.72. The lowest BCUT2D eigenvalue weighted by Crippen LogP contribution is -2.20. The number of hydrogen-bond donors (Lipinski definition) is 0. The number of azo groups is 2. The van der Waals surface area contributed by atoms with Crippen LogP contribution in [0.15, 0.2) is 56.9 Å². The van der Waals surface area contributed by atoms with Crippen LogP contribution in [0, 0.1) is 0 Å². The van der Waals surface area contributed by atoms with Crippen molar-refractivity contribution in [2.45, 2.75) is 0 Å². The van der Waals surface area contributed by atoms with E-state index in [-0.39, 0.29) is 11.6 Å². The van der Waals surface area contributed by atoms with Crippen molar-refractivity contribution in [1.29, 1.82) is 0 Å². The number of benzene rings is 2. The van der Waals surface area contributed by atoms with Crippen LogP contribution in [0.1, 0.15) is 31.8 Å². The van der Waals surface area contributed by atoms with E-state index in [4.69, 9.17) is 0 Å². The Morgan fingerprint density at radius 1 is 0.636 bits per heavy atom.